The number of ether oxygens (including phenoxy) is 2. The first-order valence-corrected chi connectivity index (χ1v) is 9.92. The van der Waals surface area contributed by atoms with Crippen molar-refractivity contribution in [2.24, 2.45) is 4.99 Å². The number of nitrogens with one attached hydrogen (secondary N) is 1. The number of hydrogen-bond acceptors (Lipinski definition) is 6. The molecule has 160 valence electrons. The highest BCUT2D eigenvalue weighted by Gasteiger charge is 2.11. The lowest BCUT2D eigenvalue weighted by atomic mass is 10.1. The molecule has 0 radical (unpaired) electrons. The summed E-state index contributed by atoms with van der Waals surface area (Å²) in [5.41, 5.74) is 2.83. The maximum atomic E-state index is 12.3. The standard InChI is InChI=1S/C24H26N4O3/c1-6-16-8-13-21(22(14-16)30-5)28(4)17-9-11-18(12-10-17)31-24-26-20(15-25-3)19(7-2)23(29)27-24/h7-15H,3,6H2,1-2,4-5H3,(H,26,27,29)/b19-7+,20-15+. The second kappa shape index (κ2) is 9.75. The summed E-state index contributed by atoms with van der Waals surface area (Å²) in [6, 6.07) is 13.8. The van der Waals surface area contributed by atoms with Gasteiger partial charge in [0, 0.05) is 12.7 Å². The van der Waals surface area contributed by atoms with E-state index in [4.69, 9.17) is 9.47 Å². The van der Waals surface area contributed by atoms with Crippen molar-refractivity contribution in [2.75, 3.05) is 19.1 Å². The fraction of sp³-hybridized carbons (Fsp3) is 0.208. The lowest BCUT2D eigenvalue weighted by Gasteiger charge is -2.22. The van der Waals surface area contributed by atoms with E-state index >= 15 is 0 Å². The van der Waals surface area contributed by atoms with Crippen LogP contribution in [0.5, 0.6) is 17.5 Å². The van der Waals surface area contributed by atoms with Crippen LogP contribution in [0.3, 0.4) is 0 Å². The van der Waals surface area contributed by atoms with E-state index in [1.54, 1.807) is 20.1 Å². The topological polar surface area (TPSA) is 79.8 Å². The van der Waals surface area contributed by atoms with Crippen LogP contribution in [0.4, 0.5) is 11.4 Å². The maximum absolute atomic E-state index is 12.3. The number of aromatic nitrogens is 2. The SMILES string of the molecule is C=N/C=c1/nc(Oc2ccc(N(C)c3ccc(CC)cc3OC)cc2)[nH]c(=O)/c1=C/C. The van der Waals surface area contributed by atoms with Gasteiger partial charge in [0.25, 0.3) is 5.56 Å². The van der Waals surface area contributed by atoms with Gasteiger partial charge < -0.3 is 14.4 Å². The zero-order valence-corrected chi connectivity index (χ0v) is 18.2. The van der Waals surface area contributed by atoms with Gasteiger partial charge in [-0.1, -0.05) is 19.1 Å². The molecule has 1 heterocycles. The summed E-state index contributed by atoms with van der Waals surface area (Å²) in [7, 11) is 3.65. The summed E-state index contributed by atoms with van der Waals surface area (Å²) in [5.74, 6) is 1.36. The molecule has 1 N–H and O–H groups in total. The lowest BCUT2D eigenvalue weighted by Crippen LogP contribution is -2.42. The van der Waals surface area contributed by atoms with Gasteiger partial charge in [0.1, 0.15) is 11.5 Å². The zero-order chi connectivity index (χ0) is 22.4. The van der Waals surface area contributed by atoms with Gasteiger partial charge in [-0.05, 0) is 62.0 Å². The molecular formula is C24H26N4O3. The van der Waals surface area contributed by atoms with Crippen LogP contribution in [-0.2, 0) is 6.42 Å². The molecule has 0 fully saturated rings. The number of anilines is 2. The Labute approximate surface area is 181 Å². The molecule has 2 aromatic carbocycles. The summed E-state index contributed by atoms with van der Waals surface area (Å²) in [6.07, 6.45) is 4.04. The first-order chi connectivity index (χ1) is 15.0. The molecule has 0 aliphatic heterocycles. The van der Waals surface area contributed by atoms with Crippen molar-refractivity contribution in [3.05, 3.63) is 68.9 Å². The Hall–Kier alpha value is -3.87. The summed E-state index contributed by atoms with van der Waals surface area (Å²) >= 11 is 0. The minimum atomic E-state index is -0.304. The highest BCUT2D eigenvalue weighted by atomic mass is 16.5. The highest BCUT2D eigenvalue weighted by molar-refractivity contribution is 5.69. The molecule has 0 aliphatic rings. The summed E-state index contributed by atoms with van der Waals surface area (Å²) in [6.45, 7) is 7.29. The number of rotatable bonds is 7. The smallest absolute Gasteiger partial charge is 0.302 e. The Kier molecular flexibility index (Phi) is 6.87. The van der Waals surface area contributed by atoms with Crippen LogP contribution in [-0.4, -0.2) is 30.8 Å². The molecule has 0 saturated heterocycles. The Balaban J connectivity index is 1.87. The van der Waals surface area contributed by atoms with Crippen LogP contribution in [0.2, 0.25) is 0 Å². The van der Waals surface area contributed by atoms with Crippen LogP contribution in [0, 0.1) is 0 Å². The van der Waals surface area contributed by atoms with Gasteiger partial charge in [0.05, 0.1) is 29.6 Å². The van der Waals surface area contributed by atoms with E-state index in [0.29, 0.717) is 16.3 Å². The third-order valence-electron chi connectivity index (χ3n) is 4.92. The molecule has 31 heavy (non-hydrogen) atoms. The van der Waals surface area contributed by atoms with Crippen LogP contribution in [0.25, 0.3) is 12.3 Å². The minimum Gasteiger partial charge on any atom is -0.495 e. The number of hydrogen-bond donors (Lipinski definition) is 1. The third-order valence-corrected chi connectivity index (χ3v) is 4.92. The Morgan fingerprint density at radius 3 is 2.58 bits per heavy atom. The molecule has 0 bridgehead atoms. The Morgan fingerprint density at radius 2 is 1.97 bits per heavy atom. The van der Waals surface area contributed by atoms with E-state index < -0.39 is 0 Å². The Morgan fingerprint density at radius 1 is 1.23 bits per heavy atom. The van der Waals surface area contributed by atoms with Gasteiger partial charge >= 0.3 is 6.01 Å². The number of benzene rings is 2. The molecule has 0 spiro atoms. The molecule has 7 heteroatoms. The van der Waals surface area contributed by atoms with Crippen LogP contribution < -0.4 is 30.5 Å². The first kappa shape index (κ1) is 21.8. The predicted molar refractivity (Wildman–Crippen MR) is 125 cm³/mol. The molecular weight excluding hydrogens is 392 g/mol. The molecule has 3 rings (SSSR count). The average molecular weight is 418 g/mol. The van der Waals surface area contributed by atoms with Gasteiger partial charge in [-0.3, -0.25) is 14.8 Å². The largest absolute Gasteiger partial charge is 0.495 e. The molecule has 0 atom stereocenters. The van der Waals surface area contributed by atoms with E-state index in [2.05, 4.69) is 46.8 Å². The average Bonchev–Trinajstić information content (AvgIpc) is 2.79. The molecule has 3 aromatic rings. The molecule has 7 nitrogen and oxygen atoms in total. The van der Waals surface area contributed by atoms with E-state index in [0.717, 1.165) is 23.5 Å². The molecule has 0 aliphatic carbocycles. The second-order valence-electron chi connectivity index (χ2n) is 6.79. The Bertz CT molecular complexity index is 1250. The third kappa shape index (κ3) is 4.83. The number of aryl methyl sites for hydroxylation is 1. The summed E-state index contributed by atoms with van der Waals surface area (Å²) in [5, 5.41) is 0.815. The monoisotopic (exact) mass is 418 g/mol. The van der Waals surface area contributed by atoms with Gasteiger partial charge in [-0.25, -0.2) is 0 Å². The quantitative estimate of drug-likeness (QED) is 0.597. The van der Waals surface area contributed by atoms with Crippen LogP contribution in [0.1, 0.15) is 19.4 Å². The van der Waals surface area contributed by atoms with Crippen LogP contribution >= 0.6 is 0 Å². The second-order valence-corrected chi connectivity index (χ2v) is 6.79. The van der Waals surface area contributed by atoms with Gasteiger partial charge in [-0.2, -0.15) is 4.98 Å². The van der Waals surface area contributed by atoms with Crippen molar-refractivity contribution in [2.45, 2.75) is 20.3 Å². The zero-order valence-electron chi connectivity index (χ0n) is 18.2. The van der Waals surface area contributed by atoms with Gasteiger partial charge in [-0.15, -0.1) is 0 Å². The number of aromatic amines is 1. The van der Waals surface area contributed by atoms with Gasteiger partial charge in [0.2, 0.25) is 0 Å². The number of methoxy groups -OCH3 is 1. The number of nitrogens with zero attached hydrogens (tertiary/aromatic N) is 3. The molecule has 0 unspecified atom stereocenters. The lowest BCUT2D eigenvalue weighted by molar-refractivity contribution is 0.415. The highest BCUT2D eigenvalue weighted by Crippen LogP contribution is 2.34. The van der Waals surface area contributed by atoms with E-state index in [-0.39, 0.29) is 11.6 Å². The maximum Gasteiger partial charge on any atom is 0.302 e. The van der Waals surface area contributed by atoms with Crippen molar-refractivity contribution < 1.29 is 9.47 Å². The fourth-order valence-electron chi connectivity index (χ4n) is 3.20. The molecule has 0 saturated carbocycles. The number of aliphatic imine (C=N–C) groups is 1. The van der Waals surface area contributed by atoms with E-state index in [9.17, 15) is 4.79 Å². The van der Waals surface area contributed by atoms with Gasteiger partial charge in [0.15, 0.2) is 0 Å². The summed E-state index contributed by atoms with van der Waals surface area (Å²) in [4.78, 5) is 24.9. The van der Waals surface area contributed by atoms with Crippen molar-refractivity contribution in [3.8, 4) is 17.5 Å². The fourth-order valence-corrected chi connectivity index (χ4v) is 3.20. The van der Waals surface area contributed by atoms with E-state index in [1.807, 2.05) is 36.2 Å². The van der Waals surface area contributed by atoms with Crippen molar-refractivity contribution in [1.29, 1.82) is 0 Å². The number of H-pyrrole nitrogens is 1. The summed E-state index contributed by atoms with van der Waals surface area (Å²) < 4.78 is 11.3. The first-order valence-electron chi connectivity index (χ1n) is 9.92. The minimum absolute atomic E-state index is 0.0865. The van der Waals surface area contributed by atoms with Crippen LogP contribution in [0.15, 0.2) is 52.3 Å². The normalized spacial score (nSPS) is 12.0. The van der Waals surface area contributed by atoms with E-state index in [1.165, 1.54) is 11.8 Å². The van der Waals surface area contributed by atoms with Crippen molar-refractivity contribution >= 4 is 30.4 Å². The van der Waals surface area contributed by atoms with Crippen molar-refractivity contribution in [3.63, 3.8) is 0 Å². The molecule has 1 aromatic heterocycles. The van der Waals surface area contributed by atoms with Crippen molar-refractivity contribution in [1.82, 2.24) is 9.97 Å². The predicted octanol–water partition coefficient (Wildman–Crippen LogP) is 3.14. The molecule has 0 amide bonds.